The number of rotatable bonds is 7. The number of nitrogens with zero attached hydrogens (tertiary/aromatic N) is 2. The molecule has 0 saturated carbocycles. The van der Waals surface area contributed by atoms with Gasteiger partial charge < -0.3 is 9.80 Å². The molecule has 1 aliphatic heterocycles. The maximum absolute atomic E-state index is 13.5. The summed E-state index contributed by atoms with van der Waals surface area (Å²) in [6.45, 7) is 8.57. The first kappa shape index (κ1) is 23.1. The number of carbonyl (C=O) groups excluding carboxylic acids is 2. The van der Waals surface area contributed by atoms with Crippen LogP contribution in [0.15, 0.2) is 60.7 Å². The first-order valence-electron chi connectivity index (χ1n) is 11.5. The third-order valence-corrected chi connectivity index (χ3v) is 6.04. The van der Waals surface area contributed by atoms with Crippen LogP contribution < -0.4 is 0 Å². The second kappa shape index (κ2) is 10.6. The van der Waals surface area contributed by atoms with Crippen LogP contribution in [-0.4, -0.2) is 47.8 Å². The van der Waals surface area contributed by atoms with Crippen molar-refractivity contribution in [2.45, 2.75) is 46.5 Å². The normalized spacial score (nSPS) is 16.7. The van der Waals surface area contributed by atoms with E-state index in [0.29, 0.717) is 19.6 Å². The molecule has 2 amide bonds. The summed E-state index contributed by atoms with van der Waals surface area (Å²) in [4.78, 5) is 30.3. The third-order valence-electron chi connectivity index (χ3n) is 6.04. The van der Waals surface area contributed by atoms with Gasteiger partial charge >= 0.3 is 0 Å². The van der Waals surface area contributed by atoms with Gasteiger partial charge in [0.15, 0.2) is 0 Å². The van der Waals surface area contributed by atoms with Crippen LogP contribution in [0, 0.1) is 11.3 Å². The van der Waals surface area contributed by atoms with Crippen LogP contribution in [-0.2, 0) is 22.4 Å². The number of benzene rings is 2. The topological polar surface area (TPSA) is 40.6 Å². The van der Waals surface area contributed by atoms with Crippen LogP contribution in [0.3, 0.4) is 0 Å². The molecule has 0 radical (unpaired) electrons. The Kier molecular flexibility index (Phi) is 7.89. The van der Waals surface area contributed by atoms with Crippen molar-refractivity contribution in [2.24, 2.45) is 11.3 Å². The molecule has 4 heteroatoms. The molecule has 1 saturated heterocycles. The van der Waals surface area contributed by atoms with Gasteiger partial charge in [-0.05, 0) is 36.8 Å². The second-order valence-corrected chi connectivity index (χ2v) is 9.64. The van der Waals surface area contributed by atoms with Gasteiger partial charge in [-0.2, -0.15) is 0 Å². The van der Waals surface area contributed by atoms with Gasteiger partial charge in [-0.25, -0.2) is 0 Å². The molecular formula is C27H36N2O2. The zero-order valence-corrected chi connectivity index (χ0v) is 19.2. The van der Waals surface area contributed by atoms with Crippen molar-refractivity contribution in [3.05, 3.63) is 71.8 Å². The quantitative estimate of drug-likeness (QED) is 0.658. The predicted molar refractivity (Wildman–Crippen MR) is 126 cm³/mol. The van der Waals surface area contributed by atoms with Crippen LogP contribution in [0.4, 0.5) is 0 Å². The highest BCUT2D eigenvalue weighted by atomic mass is 16.2. The van der Waals surface area contributed by atoms with Crippen molar-refractivity contribution in [1.82, 2.24) is 9.80 Å². The van der Waals surface area contributed by atoms with Gasteiger partial charge in [0.05, 0.1) is 5.92 Å². The van der Waals surface area contributed by atoms with E-state index in [1.807, 2.05) is 67.0 Å². The number of amides is 2. The van der Waals surface area contributed by atoms with Gasteiger partial charge in [0.25, 0.3) is 0 Å². The molecule has 0 N–H and O–H groups in total. The summed E-state index contributed by atoms with van der Waals surface area (Å²) in [5, 5.41) is 0. The predicted octanol–water partition coefficient (Wildman–Crippen LogP) is 4.59. The Morgan fingerprint density at radius 2 is 1.42 bits per heavy atom. The molecule has 2 aromatic rings. The maximum Gasteiger partial charge on any atom is 0.227 e. The first-order chi connectivity index (χ1) is 14.8. The van der Waals surface area contributed by atoms with Gasteiger partial charge in [-0.15, -0.1) is 0 Å². The molecule has 1 fully saturated rings. The summed E-state index contributed by atoms with van der Waals surface area (Å²) < 4.78 is 0. The summed E-state index contributed by atoms with van der Waals surface area (Å²) in [7, 11) is 0. The molecule has 2 aromatic carbocycles. The lowest BCUT2D eigenvalue weighted by Crippen LogP contribution is -2.50. The highest BCUT2D eigenvalue weighted by Crippen LogP contribution is 2.25. The molecule has 1 aliphatic rings. The highest BCUT2D eigenvalue weighted by Gasteiger charge is 2.34. The zero-order valence-electron chi connectivity index (χ0n) is 19.2. The fourth-order valence-electron chi connectivity index (χ4n) is 4.25. The number of likely N-dealkylation sites (tertiary alicyclic amines) is 1. The number of hydrogen-bond donors (Lipinski definition) is 0. The number of piperidine rings is 1. The molecular weight excluding hydrogens is 384 g/mol. The van der Waals surface area contributed by atoms with E-state index < -0.39 is 5.41 Å². The lowest BCUT2D eigenvalue weighted by atomic mass is 9.90. The van der Waals surface area contributed by atoms with Crippen molar-refractivity contribution in [2.75, 3.05) is 26.2 Å². The fraction of sp³-hybridized carbons (Fsp3) is 0.481. The third kappa shape index (κ3) is 6.68. The number of carbonyl (C=O) groups is 2. The highest BCUT2D eigenvalue weighted by molar-refractivity contribution is 5.84. The van der Waals surface area contributed by atoms with E-state index in [1.165, 1.54) is 11.1 Å². The standard InChI is InChI=1S/C27H36N2O2/c1-27(2,3)26(31)29-18-10-15-24(21-29)25(30)28(19-16-22-11-6-4-7-12-22)20-17-23-13-8-5-9-14-23/h4-9,11-14,24H,10,15-21H2,1-3H3. The Morgan fingerprint density at radius 3 is 1.90 bits per heavy atom. The minimum atomic E-state index is -0.411. The molecule has 1 heterocycles. The SMILES string of the molecule is CC(C)(C)C(=O)N1CCCC(C(=O)N(CCc2ccccc2)CCc2ccccc2)C1. The fourth-order valence-corrected chi connectivity index (χ4v) is 4.25. The lowest BCUT2D eigenvalue weighted by molar-refractivity contribution is -0.145. The van der Waals surface area contributed by atoms with Crippen molar-refractivity contribution >= 4 is 11.8 Å². The molecule has 3 rings (SSSR count). The maximum atomic E-state index is 13.5. The van der Waals surface area contributed by atoms with Gasteiger partial charge in [-0.3, -0.25) is 9.59 Å². The average molecular weight is 421 g/mol. The van der Waals surface area contributed by atoms with Gasteiger partial charge in [0.2, 0.25) is 11.8 Å². The van der Waals surface area contributed by atoms with E-state index in [-0.39, 0.29) is 17.7 Å². The van der Waals surface area contributed by atoms with Crippen LogP contribution in [0.5, 0.6) is 0 Å². The van der Waals surface area contributed by atoms with Gasteiger partial charge in [0.1, 0.15) is 0 Å². The Morgan fingerprint density at radius 1 is 0.903 bits per heavy atom. The zero-order chi connectivity index (χ0) is 22.3. The summed E-state index contributed by atoms with van der Waals surface area (Å²) in [5.41, 5.74) is 2.08. The Labute approximate surface area is 187 Å². The number of hydrogen-bond acceptors (Lipinski definition) is 2. The van der Waals surface area contributed by atoms with E-state index in [9.17, 15) is 9.59 Å². The summed E-state index contributed by atoms with van der Waals surface area (Å²) in [6.07, 6.45) is 3.45. The van der Waals surface area contributed by atoms with Crippen LogP contribution in [0.2, 0.25) is 0 Å². The lowest BCUT2D eigenvalue weighted by Gasteiger charge is -2.37. The van der Waals surface area contributed by atoms with Crippen LogP contribution in [0.1, 0.15) is 44.7 Å². The van der Waals surface area contributed by atoms with Gasteiger partial charge in [-0.1, -0.05) is 81.4 Å². The molecule has 166 valence electrons. The molecule has 4 nitrogen and oxygen atoms in total. The van der Waals surface area contributed by atoms with Crippen molar-refractivity contribution in [3.8, 4) is 0 Å². The first-order valence-corrected chi connectivity index (χ1v) is 11.5. The summed E-state index contributed by atoms with van der Waals surface area (Å²) in [5.74, 6) is 0.231. The van der Waals surface area contributed by atoms with E-state index in [1.54, 1.807) is 0 Å². The largest absolute Gasteiger partial charge is 0.342 e. The molecule has 31 heavy (non-hydrogen) atoms. The molecule has 0 aromatic heterocycles. The summed E-state index contributed by atoms with van der Waals surface area (Å²) in [6, 6.07) is 20.7. The molecule has 0 bridgehead atoms. The average Bonchev–Trinajstić information content (AvgIpc) is 2.79. The van der Waals surface area contributed by atoms with Crippen LogP contribution in [0.25, 0.3) is 0 Å². The molecule has 0 aliphatic carbocycles. The van der Waals surface area contributed by atoms with E-state index in [2.05, 4.69) is 24.3 Å². The molecule has 1 unspecified atom stereocenters. The van der Waals surface area contributed by atoms with Gasteiger partial charge in [0, 0.05) is 31.6 Å². The van der Waals surface area contributed by atoms with E-state index in [4.69, 9.17) is 0 Å². The smallest absolute Gasteiger partial charge is 0.227 e. The molecule has 0 spiro atoms. The van der Waals surface area contributed by atoms with Crippen LogP contribution >= 0.6 is 0 Å². The Balaban J connectivity index is 1.68. The van der Waals surface area contributed by atoms with Crippen molar-refractivity contribution in [1.29, 1.82) is 0 Å². The van der Waals surface area contributed by atoms with E-state index >= 15 is 0 Å². The second-order valence-electron chi connectivity index (χ2n) is 9.64. The van der Waals surface area contributed by atoms with Crippen molar-refractivity contribution in [3.63, 3.8) is 0 Å². The Bertz CT molecular complexity index is 799. The minimum absolute atomic E-state index is 0.105. The molecule has 1 atom stereocenters. The van der Waals surface area contributed by atoms with Crippen molar-refractivity contribution < 1.29 is 9.59 Å². The Hall–Kier alpha value is -2.62. The van der Waals surface area contributed by atoms with E-state index in [0.717, 1.165) is 32.2 Å². The summed E-state index contributed by atoms with van der Waals surface area (Å²) >= 11 is 0. The minimum Gasteiger partial charge on any atom is -0.342 e. The monoisotopic (exact) mass is 420 g/mol.